The highest BCUT2D eigenvalue weighted by molar-refractivity contribution is 8.00. The van der Waals surface area contributed by atoms with Crippen molar-refractivity contribution in [2.45, 2.75) is 32.4 Å². The number of thioether (sulfide) groups is 1. The van der Waals surface area contributed by atoms with Crippen LogP contribution in [-0.2, 0) is 4.74 Å². The highest BCUT2D eigenvalue weighted by atomic mass is 32.2. The molecule has 7 heteroatoms. The van der Waals surface area contributed by atoms with Crippen molar-refractivity contribution in [3.63, 3.8) is 0 Å². The Morgan fingerprint density at radius 1 is 1.43 bits per heavy atom. The molecule has 5 nitrogen and oxygen atoms in total. The molecule has 0 bridgehead atoms. The summed E-state index contributed by atoms with van der Waals surface area (Å²) in [5, 5.41) is 0.733. The maximum absolute atomic E-state index is 11.9. The minimum atomic E-state index is -0.518. The molecule has 1 saturated heterocycles. The normalized spacial score (nSPS) is 17.6. The maximum atomic E-state index is 11.9. The summed E-state index contributed by atoms with van der Waals surface area (Å²) in [5.41, 5.74) is 0.153. The number of carbonyl (C=O) groups is 2. The van der Waals surface area contributed by atoms with Crippen molar-refractivity contribution in [3.8, 4) is 0 Å². The number of thiazole rings is 1. The molecule has 1 aromatic rings. The van der Waals surface area contributed by atoms with Gasteiger partial charge in [-0.05, 0) is 20.8 Å². The first-order valence-corrected chi connectivity index (χ1v) is 8.72. The molecule has 21 heavy (non-hydrogen) atoms. The van der Waals surface area contributed by atoms with Gasteiger partial charge in [0.15, 0.2) is 16.6 Å². The van der Waals surface area contributed by atoms with Crippen molar-refractivity contribution >= 4 is 40.0 Å². The molecule has 0 amide bonds. The van der Waals surface area contributed by atoms with Crippen LogP contribution in [0.4, 0.5) is 5.13 Å². The molecule has 1 aromatic heterocycles. The Morgan fingerprint density at radius 2 is 2.14 bits per heavy atom. The number of esters is 1. The second-order valence-electron chi connectivity index (χ2n) is 5.48. The third kappa shape index (κ3) is 3.77. The molecule has 0 atom stereocenters. The van der Waals surface area contributed by atoms with Gasteiger partial charge in [0.05, 0.1) is 6.61 Å². The van der Waals surface area contributed by atoms with Crippen molar-refractivity contribution in [3.05, 3.63) is 10.6 Å². The summed E-state index contributed by atoms with van der Waals surface area (Å²) in [6.07, 6.45) is 0. The molecule has 0 radical (unpaired) electrons. The highest BCUT2D eigenvalue weighted by Crippen LogP contribution is 2.35. The fourth-order valence-electron chi connectivity index (χ4n) is 2.20. The summed E-state index contributed by atoms with van der Waals surface area (Å²) in [6.45, 7) is 9.58. The number of Topliss-reactive ketones (excluding diaryl/α,β-unsaturated/α-hetero) is 1. The number of nitrogens with zero attached hydrogens (tertiary/aromatic N) is 2. The molecule has 0 aromatic carbocycles. The molecule has 2 heterocycles. The van der Waals surface area contributed by atoms with Crippen LogP contribution in [0.5, 0.6) is 0 Å². The van der Waals surface area contributed by atoms with E-state index in [2.05, 4.69) is 23.7 Å². The van der Waals surface area contributed by atoms with E-state index in [4.69, 9.17) is 4.74 Å². The molecule has 2 rings (SSSR count). The summed E-state index contributed by atoms with van der Waals surface area (Å²) in [6, 6.07) is 0. The Balaban J connectivity index is 2.31. The van der Waals surface area contributed by atoms with Crippen molar-refractivity contribution < 1.29 is 14.3 Å². The molecule has 1 fully saturated rings. The van der Waals surface area contributed by atoms with E-state index in [-0.39, 0.29) is 22.8 Å². The maximum Gasteiger partial charge on any atom is 0.358 e. The Kier molecular flexibility index (Phi) is 4.93. The van der Waals surface area contributed by atoms with Crippen LogP contribution in [0.3, 0.4) is 0 Å². The predicted molar refractivity (Wildman–Crippen MR) is 86.8 cm³/mol. The fraction of sp³-hybridized carbons (Fsp3) is 0.643. The molecule has 1 aliphatic rings. The summed E-state index contributed by atoms with van der Waals surface area (Å²) in [4.78, 5) is 30.6. The Labute approximate surface area is 133 Å². The zero-order chi connectivity index (χ0) is 15.6. The van der Waals surface area contributed by atoms with Gasteiger partial charge < -0.3 is 9.64 Å². The molecule has 0 aliphatic carbocycles. The molecule has 116 valence electrons. The van der Waals surface area contributed by atoms with Gasteiger partial charge in [0.2, 0.25) is 0 Å². The lowest BCUT2D eigenvalue weighted by atomic mass is 10.2. The van der Waals surface area contributed by atoms with Gasteiger partial charge in [-0.3, -0.25) is 4.79 Å². The van der Waals surface area contributed by atoms with Crippen LogP contribution in [0.1, 0.15) is 47.9 Å². The second kappa shape index (κ2) is 6.36. The van der Waals surface area contributed by atoms with Crippen molar-refractivity contribution in [1.82, 2.24) is 4.98 Å². The van der Waals surface area contributed by atoms with Crippen LogP contribution in [0.2, 0.25) is 0 Å². The van der Waals surface area contributed by atoms with Crippen LogP contribution in [0.25, 0.3) is 0 Å². The molecule has 0 N–H and O–H groups in total. The van der Waals surface area contributed by atoms with Crippen LogP contribution in [0, 0.1) is 0 Å². The van der Waals surface area contributed by atoms with Gasteiger partial charge in [-0.25, -0.2) is 9.78 Å². The van der Waals surface area contributed by atoms with Crippen molar-refractivity contribution in [2.75, 3.05) is 30.3 Å². The Morgan fingerprint density at radius 3 is 2.71 bits per heavy atom. The van der Waals surface area contributed by atoms with Gasteiger partial charge in [-0.2, -0.15) is 11.8 Å². The van der Waals surface area contributed by atoms with Gasteiger partial charge in [0.25, 0.3) is 0 Å². The quantitative estimate of drug-likeness (QED) is 0.626. The number of ketones is 1. The molecular weight excluding hydrogens is 308 g/mol. The number of hydrogen-bond donors (Lipinski definition) is 0. The van der Waals surface area contributed by atoms with Crippen LogP contribution in [-0.4, -0.2) is 46.9 Å². The monoisotopic (exact) mass is 328 g/mol. The summed E-state index contributed by atoms with van der Waals surface area (Å²) < 4.78 is 5.13. The average Bonchev–Trinajstić information content (AvgIpc) is 2.83. The van der Waals surface area contributed by atoms with Crippen LogP contribution >= 0.6 is 23.1 Å². The van der Waals surface area contributed by atoms with Gasteiger partial charge >= 0.3 is 5.97 Å². The number of hydrogen-bond acceptors (Lipinski definition) is 7. The largest absolute Gasteiger partial charge is 0.461 e. The van der Waals surface area contributed by atoms with E-state index in [1.807, 2.05) is 11.8 Å². The molecule has 0 spiro atoms. The summed E-state index contributed by atoms with van der Waals surface area (Å²) in [7, 11) is 0. The zero-order valence-corrected chi connectivity index (χ0v) is 14.4. The number of anilines is 1. The van der Waals surface area contributed by atoms with Crippen molar-refractivity contribution in [1.29, 1.82) is 0 Å². The average molecular weight is 328 g/mol. The first kappa shape index (κ1) is 16.3. The Hall–Kier alpha value is -1.08. The Bertz CT molecular complexity index is 554. The molecule has 1 aliphatic heterocycles. The van der Waals surface area contributed by atoms with E-state index in [1.165, 1.54) is 18.3 Å². The number of ether oxygens (including phenoxy) is 1. The number of rotatable bonds is 4. The number of carbonyl (C=O) groups excluding carboxylic acids is 2. The molecular formula is C14H20N2O3S2. The van der Waals surface area contributed by atoms with E-state index < -0.39 is 5.97 Å². The third-order valence-electron chi connectivity index (χ3n) is 3.10. The van der Waals surface area contributed by atoms with Gasteiger partial charge in [0.1, 0.15) is 4.88 Å². The molecule has 0 saturated carbocycles. The summed E-state index contributed by atoms with van der Waals surface area (Å²) in [5.74, 6) is 0.347. The van der Waals surface area contributed by atoms with E-state index in [0.29, 0.717) is 4.88 Å². The van der Waals surface area contributed by atoms with Gasteiger partial charge in [-0.1, -0.05) is 11.3 Å². The van der Waals surface area contributed by atoms with E-state index in [9.17, 15) is 9.59 Å². The minimum absolute atomic E-state index is 0.143. The lowest BCUT2D eigenvalue weighted by Crippen LogP contribution is -2.43. The fourth-order valence-corrected chi connectivity index (χ4v) is 4.29. The lowest BCUT2D eigenvalue weighted by molar-refractivity contribution is 0.0517. The van der Waals surface area contributed by atoms with Crippen LogP contribution in [0.15, 0.2) is 0 Å². The van der Waals surface area contributed by atoms with Gasteiger partial charge in [0, 0.05) is 30.5 Å². The topological polar surface area (TPSA) is 59.5 Å². The number of aromatic nitrogens is 1. The molecule has 0 unspecified atom stereocenters. The van der Waals surface area contributed by atoms with Crippen molar-refractivity contribution in [2.24, 2.45) is 0 Å². The lowest BCUT2D eigenvalue weighted by Gasteiger charge is -2.37. The van der Waals surface area contributed by atoms with Gasteiger partial charge in [-0.15, -0.1) is 0 Å². The van der Waals surface area contributed by atoms with E-state index in [0.717, 1.165) is 24.0 Å². The van der Waals surface area contributed by atoms with Crippen LogP contribution < -0.4 is 4.90 Å². The predicted octanol–water partition coefficient (Wildman–Crippen LogP) is 2.85. The SMILES string of the molecule is CCOC(=O)c1nc(N2CCSC(C)(C)C2)sc1C(C)=O. The smallest absolute Gasteiger partial charge is 0.358 e. The standard InChI is InChI=1S/C14H20N2O3S2/c1-5-19-12(18)10-11(9(2)17)21-13(15-10)16-6-7-20-14(3,4)8-16/h5-8H2,1-4H3. The minimum Gasteiger partial charge on any atom is -0.461 e. The first-order valence-electron chi connectivity index (χ1n) is 6.92. The second-order valence-corrected chi connectivity index (χ2v) is 8.26. The zero-order valence-electron chi connectivity index (χ0n) is 12.8. The summed E-state index contributed by atoms with van der Waals surface area (Å²) >= 11 is 3.21. The highest BCUT2D eigenvalue weighted by Gasteiger charge is 2.31. The van der Waals surface area contributed by atoms with E-state index in [1.54, 1.807) is 6.92 Å². The first-order chi connectivity index (χ1) is 9.84. The third-order valence-corrected chi connectivity index (χ3v) is 5.61. The van der Waals surface area contributed by atoms with E-state index >= 15 is 0 Å².